The van der Waals surface area contributed by atoms with E-state index in [1.807, 2.05) is 12.1 Å². The number of thiophene rings is 1. The number of aliphatic imine (C=N–C) groups is 1. The van der Waals surface area contributed by atoms with Crippen molar-refractivity contribution >= 4 is 39.1 Å². The highest BCUT2D eigenvalue weighted by molar-refractivity contribution is 7.20. The summed E-state index contributed by atoms with van der Waals surface area (Å²) >= 11 is 1.50. The third kappa shape index (κ3) is 8.65. The van der Waals surface area contributed by atoms with Crippen LogP contribution in [0.15, 0.2) is 59.6 Å². The fraction of sp³-hybridized carbons (Fsp3) is 0.564. The molecule has 258 valence electrons. The molecular weight excluding hydrogens is 619 g/mol. The Morgan fingerprint density at radius 1 is 1.02 bits per heavy atom. The van der Waals surface area contributed by atoms with Gasteiger partial charge in [-0.2, -0.15) is 0 Å². The first-order valence-electron chi connectivity index (χ1n) is 18.2. The van der Waals surface area contributed by atoms with Gasteiger partial charge < -0.3 is 20.3 Å². The van der Waals surface area contributed by atoms with Crippen molar-refractivity contribution in [1.82, 2.24) is 20.4 Å². The van der Waals surface area contributed by atoms with E-state index < -0.39 is 5.54 Å². The van der Waals surface area contributed by atoms with Gasteiger partial charge in [-0.05, 0) is 94.0 Å². The standard InChI is InChI=1S/C39H53N5O3S/c1-3-40-36(31-15-24-47-25-16-31)44-22-20-43(21-23-44)19-9-12-33(27-30-10-5-4-6-11-30)41-38(46)39(17-7-8-18-39)42-37(45)35-28-32-14-13-29(2)26-34(32)48-35/h4-6,10-11,13-14,26,28,31,33H,3,7-9,12,15-25,27H2,1-2H3,(H,41,46)(H,42,45)/t33-/m0/s1. The second kappa shape index (κ2) is 16.4. The minimum absolute atomic E-state index is 0.000298. The van der Waals surface area contributed by atoms with Crippen LogP contribution in [0.25, 0.3) is 10.1 Å². The highest BCUT2D eigenvalue weighted by atomic mass is 32.1. The van der Waals surface area contributed by atoms with Crippen molar-refractivity contribution in [1.29, 1.82) is 0 Å². The highest BCUT2D eigenvalue weighted by Gasteiger charge is 2.43. The average molecular weight is 672 g/mol. The Morgan fingerprint density at radius 2 is 1.77 bits per heavy atom. The summed E-state index contributed by atoms with van der Waals surface area (Å²) in [6.07, 6.45) is 8.05. The topological polar surface area (TPSA) is 86.3 Å². The van der Waals surface area contributed by atoms with Gasteiger partial charge in [0.05, 0.1) is 4.88 Å². The molecule has 3 aromatic rings. The van der Waals surface area contributed by atoms with Crippen LogP contribution in [-0.4, -0.2) is 91.5 Å². The Morgan fingerprint density at radius 3 is 2.50 bits per heavy atom. The lowest BCUT2D eigenvalue weighted by atomic mass is 9.94. The van der Waals surface area contributed by atoms with Gasteiger partial charge in [-0.1, -0.05) is 55.3 Å². The van der Waals surface area contributed by atoms with Gasteiger partial charge >= 0.3 is 0 Å². The summed E-state index contributed by atoms with van der Waals surface area (Å²) in [5, 5.41) is 7.75. The number of carbonyl (C=O) groups excluding carboxylic acids is 2. The van der Waals surface area contributed by atoms with E-state index in [1.165, 1.54) is 28.3 Å². The van der Waals surface area contributed by atoms with E-state index in [4.69, 9.17) is 9.73 Å². The van der Waals surface area contributed by atoms with Gasteiger partial charge in [0.2, 0.25) is 5.91 Å². The van der Waals surface area contributed by atoms with E-state index in [0.29, 0.717) is 23.6 Å². The minimum atomic E-state index is -0.864. The zero-order valence-electron chi connectivity index (χ0n) is 28.8. The second-order valence-corrected chi connectivity index (χ2v) is 15.0. The Balaban J connectivity index is 1.06. The smallest absolute Gasteiger partial charge is 0.262 e. The average Bonchev–Trinajstić information content (AvgIpc) is 3.76. The van der Waals surface area contributed by atoms with Gasteiger partial charge in [0.25, 0.3) is 5.91 Å². The first kappa shape index (κ1) is 34.6. The SMILES string of the molecule is CCN=C(C1CCOCC1)N1CCN(CCC[C@@H](Cc2ccccc2)NC(=O)C2(NC(=O)c3cc4ccc(C)cc4s3)CCCC2)CC1. The summed E-state index contributed by atoms with van der Waals surface area (Å²) < 4.78 is 6.71. The summed E-state index contributed by atoms with van der Waals surface area (Å²) in [4.78, 5) is 38.4. The lowest BCUT2D eigenvalue weighted by Crippen LogP contribution is -2.59. The molecule has 2 saturated heterocycles. The number of aryl methyl sites for hydroxylation is 1. The molecule has 2 N–H and O–H groups in total. The normalized spacial score (nSPS) is 19.8. The maximum atomic E-state index is 14.1. The number of amides is 2. The third-order valence-corrected chi connectivity index (χ3v) is 11.5. The number of hydrogen-bond donors (Lipinski definition) is 2. The zero-order chi connectivity index (χ0) is 33.3. The molecule has 2 aromatic carbocycles. The van der Waals surface area contributed by atoms with Crippen molar-refractivity contribution < 1.29 is 14.3 Å². The van der Waals surface area contributed by atoms with Crippen LogP contribution in [0.3, 0.4) is 0 Å². The molecule has 3 heterocycles. The molecule has 3 aliphatic rings. The number of piperazine rings is 1. The van der Waals surface area contributed by atoms with Crippen LogP contribution in [-0.2, 0) is 16.0 Å². The van der Waals surface area contributed by atoms with Crippen molar-refractivity contribution in [2.24, 2.45) is 10.9 Å². The number of amidine groups is 1. The van der Waals surface area contributed by atoms with Crippen molar-refractivity contribution in [3.05, 3.63) is 70.6 Å². The van der Waals surface area contributed by atoms with Gasteiger partial charge in [-0.15, -0.1) is 11.3 Å². The molecule has 1 aliphatic carbocycles. The largest absolute Gasteiger partial charge is 0.381 e. The Labute approximate surface area is 290 Å². The lowest BCUT2D eigenvalue weighted by molar-refractivity contribution is -0.128. The number of fused-ring (bicyclic) bond motifs is 1. The lowest BCUT2D eigenvalue weighted by Gasteiger charge is -2.39. The molecule has 0 unspecified atom stereocenters. The van der Waals surface area contributed by atoms with Crippen molar-refractivity contribution in [2.45, 2.75) is 83.2 Å². The number of nitrogens with one attached hydrogen (secondary N) is 2. The number of rotatable bonds is 12. The van der Waals surface area contributed by atoms with E-state index in [0.717, 1.165) is 108 Å². The van der Waals surface area contributed by atoms with Crippen LogP contribution in [0, 0.1) is 12.8 Å². The van der Waals surface area contributed by atoms with Gasteiger partial charge in [-0.25, -0.2) is 0 Å². The monoisotopic (exact) mass is 671 g/mol. The number of benzene rings is 2. The van der Waals surface area contributed by atoms with E-state index in [-0.39, 0.29) is 17.9 Å². The zero-order valence-corrected chi connectivity index (χ0v) is 29.7. The summed E-state index contributed by atoms with van der Waals surface area (Å²) in [5.41, 5.74) is 1.53. The first-order chi connectivity index (χ1) is 23.4. The van der Waals surface area contributed by atoms with Gasteiger partial charge in [0, 0.05) is 62.6 Å². The van der Waals surface area contributed by atoms with E-state index in [9.17, 15) is 9.59 Å². The fourth-order valence-corrected chi connectivity index (χ4v) is 8.79. The van der Waals surface area contributed by atoms with Gasteiger partial charge in [-0.3, -0.25) is 19.5 Å². The van der Waals surface area contributed by atoms with Crippen LogP contribution >= 0.6 is 11.3 Å². The molecule has 0 spiro atoms. The molecule has 1 saturated carbocycles. The summed E-state index contributed by atoms with van der Waals surface area (Å²) in [6, 6.07) is 18.7. The molecule has 0 radical (unpaired) electrons. The van der Waals surface area contributed by atoms with Crippen LogP contribution in [0.5, 0.6) is 0 Å². The van der Waals surface area contributed by atoms with Crippen LogP contribution in [0.1, 0.15) is 79.1 Å². The first-order valence-corrected chi connectivity index (χ1v) is 19.0. The van der Waals surface area contributed by atoms with E-state index in [2.05, 4.69) is 76.7 Å². The maximum Gasteiger partial charge on any atom is 0.262 e. The summed E-state index contributed by atoms with van der Waals surface area (Å²) in [7, 11) is 0. The molecule has 1 aromatic heterocycles. The highest BCUT2D eigenvalue weighted by Crippen LogP contribution is 2.33. The van der Waals surface area contributed by atoms with Gasteiger partial charge in [0.15, 0.2) is 0 Å². The molecule has 3 fully saturated rings. The van der Waals surface area contributed by atoms with Gasteiger partial charge in [0.1, 0.15) is 11.4 Å². The predicted octanol–water partition coefficient (Wildman–Crippen LogP) is 6.22. The van der Waals surface area contributed by atoms with Crippen molar-refractivity contribution in [3.8, 4) is 0 Å². The van der Waals surface area contributed by atoms with Crippen molar-refractivity contribution in [3.63, 3.8) is 0 Å². The third-order valence-electron chi connectivity index (χ3n) is 10.4. The number of carbonyl (C=O) groups is 2. The van der Waals surface area contributed by atoms with E-state index in [1.54, 1.807) is 0 Å². The fourth-order valence-electron chi connectivity index (χ4n) is 7.73. The molecule has 9 heteroatoms. The van der Waals surface area contributed by atoms with Crippen LogP contribution in [0.4, 0.5) is 0 Å². The second-order valence-electron chi connectivity index (χ2n) is 13.9. The molecule has 2 amide bonds. The van der Waals surface area contributed by atoms with Crippen molar-refractivity contribution in [2.75, 3.05) is 52.5 Å². The predicted molar refractivity (Wildman–Crippen MR) is 196 cm³/mol. The van der Waals surface area contributed by atoms with E-state index >= 15 is 0 Å². The summed E-state index contributed by atoms with van der Waals surface area (Å²) in [5.74, 6) is 1.64. The minimum Gasteiger partial charge on any atom is -0.381 e. The number of nitrogens with zero attached hydrogens (tertiary/aromatic N) is 3. The molecular formula is C39H53N5O3S. The molecule has 8 nitrogen and oxygen atoms in total. The number of hydrogen-bond acceptors (Lipinski definition) is 6. The van der Waals surface area contributed by atoms with Crippen LogP contribution in [0.2, 0.25) is 0 Å². The molecule has 0 bridgehead atoms. The quantitative estimate of drug-likeness (QED) is 0.176. The Bertz CT molecular complexity index is 1540. The molecule has 48 heavy (non-hydrogen) atoms. The van der Waals surface area contributed by atoms with Crippen LogP contribution < -0.4 is 10.6 Å². The molecule has 6 rings (SSSR count). The summed E-state index contributed by atoms with van der Waals surface area (Å²) in [6.45, 7) is 11.8. The maximum absolute atomic E-state index is 14.1. The Kier molecular flexibility index (Phi) is 11.8. The molecule has 2 aliphatic heterocycles. The number of ether oxygens (including phenoxy) is 1. The molecule has 1 atom stereocenters. The Hall–Kier alpha value is -3.27.